The highest BCUT2D eigenvalue weighted by Gasteiger charge is 2.39. The summed E-state index contributed by atoms with van der Waals surface area (Å²) in [7, 11) is 1.78. The molecule has 0 spiro atoms. The molecule has 0 unspecified atom stereocenters. The fraction of sp³-hybridized carbons (Fsp3) is 0.464. The Morgan fingerprint density at radius 2 is 1.81 bits per heavy atom. The lowest BCUT2D eigenvalue weighted by molar-refractivity contribution is -0.134. The van der Waals surface area contributed by atoms with Crippen molar-refractivity contribution in [1.82, 2.24) is 10.2 Å². The summed E-state index contributed by atoms with van der Waals surface area (Å²) < 4.78 is 12.3. The van der Waals surface area contributed by atoms with E-state index in [9.17, 15) is 14.4 Å². The van der Waals surface area contributed by atoms with E-state index in [0.29, 0.717) is 41.4 Å². The van der Waals surface area contributed by atoms with Gasteiger partial charge in [-0.15, -0.1) is 0 Å². The summed E-state index contributed by atoms with van der Waals surface area (Å²) >= 11 is 0. The summed E-state index contributed by atoms with van der Waals surface area (Å²) in [5.41, 5.74) is 1.47. The largest absolute Gasteiger partial charge is 0.490 e. The zero-order valence-electron chi connectivity index (χ0n) is 20.6. The Bertz CT molecular complexity index is 1120. The van der Waals surface area contributed by atoms with E-state index >= 15 is 0 Å². The summed E-state index contributed by atoms with van der Waals surface area (Å²) in [6.07, 6.45) is 5.73. The van der Waals surface area contributed by atoms with Crippen LogP contribution >= 0.6 is 0 Å². The van der Waals surface area contributed by atoms with Gasteiger partial charge >= 0.3 is 0 Å². The van der Waals surface area contributed by atoms with Crippen LogP contribution in [0.15, 0.2) is 48.5 Å². The Hall–Kier alpha value is -3.39. The van der Waals surface area contributed by atoms with E-state index in [2.05, 4.69) is 10.6 Å². The Labute approximate surface area is 211 Å². The molecule has 3 aliphatic rings. The number of hydrogen-bond acceptors (Lipinski definition) is 5. The highest BCUT2D eigenvalue weighted by Crippen LogP contribution is 2.32. The normalized spacial score (nSPS) is 24.1. The maximum atomic E-state index is 13.4. The lowest BCUT2D eigenvalue weighted by Gasteiger charge is -2.42. The SMILES string of the molecule is CN1C(=O)c2cc(NC(=O)c3ccccc3)ccc2OC[C@H]2O[C@H](CC(=O)NC3CCCC3)CC[C@H]21. The van der Waals surface area contributed by atoms with Gasteiger partial charge in [-0.3, -0.25) is 14.4 Å². The van der Waals surface area contributed by atoms with Crippen LogP contribution < -0.4 is 15.4 Å². The molecule has 1 aliphatic carbocycles. The van der Waals surface area contributed by atoms with Gasteiger partial charge in [-0.25, -0.2) is 0 Å². The molecule has 2 N–H and O–H groups in total. The second-order valence-corrected chi connectivity index (χ2v) is 9.95. The van der Waals surface area contributed by atoms with Crippen LogP contribution in [0.3, 0.4) is 0 Å². The van der Waals surface area contributed by atoms with Crippen LogP contribution in [-0.4, -0.2) is 60.6 Å². The van der Waals surface area contributed by atoms with Crippen molar-refractivity contribution in [2.75, 3.05) is 19.0 Å². The minimum atomic E-state index is -0.317. The first kappa shape index (κ1) is 24.3. The van der Waals surface area contributed by atoms with Gasteiger partial charge in [-0.05, 0) is 56.0 Å². The molecule has 0 bridgehead atoms. The third-order valence-corrected chi connectivity index (χ3v) is 7.44. The number of nitrogens with zero attached hydrogens (tertiary/aromatic N) is 1. The summed E-state index contributed by atoms with van der Waals surface area (Å²) in [5, 5.41) is 5.99. The number of carbonyl (C=O) groups excluding carboxylic acids is 3. The van der Waals surface area contributed by atoms with Gasteiger partial charge in [0, 0.05) is 24.3 Å². The first-order valence-corrected chi connectivity index (χ1v) is 12.8. The maximum Gasteiger partial charge on any atom is 0.257 e. The number of likely N-dealkylation sites (N-methyl/N-ethyl adjacent to an activating group) is 1. The van der Waals surface area contributed by atoms with Crippen LogP contribution in [0.4, 0.5) is 5.69 Å². The van der Waals surface area contributed by atoms with Gasteiger partial charge in [0.15, 0.2) is 0 Å². The van der Waals surface area contributed by atoms with E-state index in [1.807, 2.05) is 6.07 Å². The zero-order valence-corrected chi connectivity index (χ0v) is 20.6. The smallest absolute Gasteiger partial charge is 0.257 e. The summed E-state index contributed by atoms with van der Waals surface area (Å²) in [6, 6.07) is 14.2. The van der Waals surface area contributed by atoms with Gasteiger partial charge < -0.3 is 25.0 Å². The second-order valence-electron chi connectivity index (χ2n) is 9.95. The van der Waals surface area contributed by atoms with Crippen LogP contribution in [-0.2, 0) is 9.53 Å². The number of benzene rings is 2. The maximum absolute atomic E-state index is 13.4. The lowest BCUT2D eigenvalue weighted by Crippen LogP contribution is -2.54. The van der Waals surface area contributed by atoms with E-state index in [4.69, 9.17) is 9.47 Å². The molecule has 2 heterocycles. The Balaban J connectivity index is 1.25. The first-order chi connectivity index (χ1) is 17.5. The minimum absolute atomic E-state index is 0.0389. The molecule has 3 atom stereocenters. The fourth-order valence-electron chi connectivity index (χ4n) is 5.46. The average Bonchev–Trinajstić information content (AvgIpc) is 3.40. The van der Waals surface area contributed by atoms with Crippen LogP contribution in [0, 0.1) is 0 Å². The topological polar surface area (TPSA) is 97.0 Å². The zero-order chi connectivity index (χ0) is 25.1. The number of hydrogen-bond donors (Lipinski definition) is 2. The predicted molar refractivity (Wildman–Crippen MR) is 135 cm³/mol. The number of rotatable bonds is 5. The standard InChI is InChI=1S/C28H33N3O5/c1-31-23-13-12-21(16-26(32)29-19-9-5-6-10-19)36-25(23)17-35-24-14-11-20(15-22(24)28(31)34)30-27(33)18-7-3-2-4-8-18/h2-4,7-8,11,14-15,19,21,23,25H,5-6,9-10,12-13,16-17H2,1H3,(H,29,32)(H,30,33)/t21-,23+,25+/m0/s1. The van der Waals surface area contributed by atoms with E-state index in [1.165, 1.54) is 12.8 Å². The third-order valence-electron chi connectivity index (χ3n) is 7.44. The molecule has 2 aliphatic heterocycles. The highest BCUT2D eigenvalue weighted by atomic mass is 16.5. The first-order valence-electron chi connectivity index (χ1n) is 12.8. The van der Waals surface area contributed by atoms with Crippen molar-refractivity contribution in [3.05, 3.63) is 59.7 Å². The number of fused-ring (bicyclic) bond motifs is 2. The van der Waals surface area contributed by atoms with Crippen LogP contribution in [0.5, 0.6) is 5.75 Å². The van der Waals surface area contributed by atoms with E-state index < -0.39 is 0 Å². The van der Waals surface area contributed by atoms with Gasteiger partial charge in [0.1, 0.15) is 18.5 Å². The van der Waals surface area contributed by atoms with Gasteiger partial charge in [0.25, 0.3) is 11.8 Å². The van der Waals surface area contributed by atoms with Crippen LogP contribution in [0.2, 0.25) is 0 Å². The summed E-state index contributed by atoms with van der Waals surface area (Å²) in [4.78, 5) is 40.2. The molecule has 0 aromatic heterocycles. The minimum Gasteiger partial charge on any atom is -0.490 e. The Kier molecular flexibility index (Phi) is 7.23. The monoisotopic (exact) mass is 491 g/mol. The third kappa shape index (κ3) is 5.38. The molecule has 8 heteroatoms. The van der Waals surface area contributed by atoms with Gasteiger partial charge in [-0.2, -0.15) is 0 Å². The second kappa shape index (κ2) is 10.7. The predicted octanol–water partition coefficient (Wildman–Crippen LogP) is 3.77. The molecule has 0 radical (unpaired) electrons. The molecular formula is C28H33N3O5. The number of nitrogens with one attached hydrogen (secondary N) is 2. The molecule has 1 saturated carbocycles. The van der Waals surface area contributed by atoms with Gasteiger partial charge in [-0.1, -0.05) is 31.0 Å². The molecule has 5 rings (SSSR count). The molecular weight excluding hydrogens is 458 g/mol. The molecule has 2 aromatic rings. The molecule has 36 heavy (non-hydrogen) atoms. The van der Waals surface area contributed by atoms with Crippen LogP contribution in [0.1, 0.15) is 65.7 Å². The number of ether oxygens (including phenoxy) is 2. The van der Waals surface area contributed by atoms with Crippen molar-refractivity contribution in [2.24, 2.45) is 0 Å². The number of amides is 3. The quantitative estimate of drug-likeness (QED) is 0.664. The molecule has 8 nitrogen and oxygen atoms in total. The average molecular weight is 492 g/mol. The summed E-state index contributed by atoms with van der Waals surface area (Å²) in [5.74, 6) is 0.0630. The Morgan fingerprint density at radius 3 is 2.58 bits per heavy atom. The van der Waals surface area contributed by atoms with Crippen molar-refractivity contribution < 1.29 is 23.9 Å². The van der Waals surface area contributed by atoms with Crippen LogP contribution in [0.25, 0.3) is 0 Å². The van der Waals surface area contributed by atoms with Gasteiger partial charge in [0.05, 0.1) is 24.1 Å². The van der Waals surface area contributed by atoms with Crippen molar-refractivity contribution in [2.45, 2.75) is 69.2 Å². The van der Waals surface area contributed by atoms with E-state index in [1.54, 1.807) is 54.4 Å². The number of carbonyl (C=O) groups is 3. The molecule has 3 amide bonds. The highest BCUT2D eigenvalue weighted by molar-refractivity contribution is 6.05. The summed E-state index contributed by atoms with van der Waals surface area (Å²) in [6.45, 7) is 0.283. The van der Waals surface area contributed by atoms with Crippen molar-refractivity contribution >= 4 is 23.4 Å². The fourth-order valence-corrected chi connectivity index (χ4v) is 5.46. The molecule has 2 fully saturated rings. The lowest BCUT2D eigenvalue weighted by atomic mass is 9.94. The van der Waals surface area contributed by atoms with Crippen molar-refractivity contribution in [3.8, 4) is 5.75 Å². The molecule has 1 saturated heterocycles. The molecule has 190 valence electrons. The van der Waals surface area contributed by atoms with Crippen molar-refractivity contribution in [3.63, 3.8) is 0 Å². The van der Waals surface area contributed by atoms with Crippen molar-refractivity contribution in [1.29, 1.82) is 0 Å². The van der Waals surface area contributed by atoms with E-state index in [0.717, 1.165) is 19.3 Å². The molecule has 2 aromatic carbocycles. The van der Waals surface area contributed by atoms with E-state index in [-0.39, 0.29) is 42.6 Å². The van der Waals surface area contributed by atoms with Gasteiger partial charge in [0.2, 0.25) is 5.91 Å². The number of anilines is 1. The Morgan fingerprint density at radius 1 is 1.03 bits per heavy atom.